The van der Waals surface area contributed by atoms with Crippen LogP contribution in [0.25, 0.3) is 10.2 Å². The van der Waals surface area contributed by atoms with Crippen molar-refractivity contribution in [1.82, 2.24) is 4.98 Å². The minimum atomic E-state index is -3.63. The summed E-state index contributed by atoms with van der Waals surface area (Å²) in [7, 11) is -2.11. The van der Waals surface area contributed by atoms with Gasteiger partial charge in [0.15, 0.2) is 15.0 Å². The predicted molar refractivity (Wildman–Crippen MR) is 130 cm³/mol. The summed E-state index contributed by atoms with van der Waals surface area (Å²) in [5.74, 6) is -0.0277. The number of nitrogens with zero attached hydrogens (tertiary/aromatic N) is 2. The summed E-state index contributed by atoms with van der Waals surface area (Å²) in [6.07, 6.45) is 1.54. The second-order valence-corrected chi connectivity index (χ2v) is 11.5. The molecule has 0 N–H and O–H groups in total. The quantitative estimate of drug-likeness (QED) is 0.440. The van der Waals surface area contributed by atoms with E-state index in [0.717, 1.165) is 28.6 Å². The molecule has 3 aromatic rings. The average molecular weight is 509 g/mol. The lowest BCUT2D eigenvalue weighted by Crippen LogP contribution is -2.38. The second kappa shape index (κ2) is 9.97. The Bertz CT molecular complexity index is 1250. The number of anilines is 1. The van der Waals surface area contributed by atoms with Gasteiger partial charge >= 0.3 is 0 Å². The van der Waals surface area contributed by atoms with Crippen molar-refractivity contribution in [3.63, 3.8) is 0 Å². The van der Waals surface area contributed by atoms with Crippen molar-refractivity contribution in [3.05, 3.63) is 47.0 Å². The summed E-state index contributed by atoms with van der Waals surface area (Å²) in [6, 6.07) is 9.82. The zero-order valence-electron chi connectivity index (χ0n) is 18.4. The van der Waals surface area contributed by atoms with Crippen LogP contribution in [0.1, 0.15) is 24.8 Å². The topological polar surface area (TPSA) is 85.8 Å². The summed E-state index contributed by atoms with van der Waals surface area (Å²) in [6.45, 7) is 2.92. The highest BCUT2D eigenvalue weighted by molar-refractivity contribution is 7.91. The Balaban J connectivity index is 1.56. The van der Waals surface area contributed by atoms with Gasteiger partial charge in [-0.2, -0.15) is 0 Å². The molecule has 1 atom stereocenters. The lowest BCUT2D eigenvalue weighted by Gasteiger charge is -2.23. The molecule has 1 unspecified atom stereocenters. The van der Waals surface area contributed by atoms with Gasteiger partial charge in [-0.1, -0.05) is 22.9 Å². The van der Waals surface area contributed by atoms with Crippen LogP contribution in [0.3, 0.4) is 0 Å². The van der Waals surface area contributed by atoms with Crippen molar-refractivity contribution in [1.29, 1.82) is 0 Å². The normalized spacial score (nSPS) is 16.3. The van der Waals surface area contributed by atoms with Crippen molar-refractivity contribution in [2.24, 2.45) is 0 Å². The van der Waals surface area contributed by atoms with Crippen LogP contribution in [0.2, 0.25) is 5.02 Å². The number of benzene rings is 2. The number of rotatable bonds is 8. The smallest absolute Gasteiger partial charge is 0.229 e. The van der Waals surface area contributed by atoms with Crippen LogP contribution in [0.15, 0.2) is 41.3 Å². The Kier molecular flexibility index (Phi) is 7.23. The summed E-state index contributed by atoms with van der Waals surface area (Å²) in [5.41, 5.74) is 1.71. The van der Waals surface area contributed by atoms with Gasteiger partial charge in [-0.15, -0.1) is 0 Å². The SMILES string of the molecule is COc1ccc(S(=O)(=O)CCC(=O)N(CC2CCCO2)c2nc3c(C)cc(Cl)cc3s2)cc1. The Labute approximate surface area is 202 Å². The van der Waals surface area contributed by atoms with Crippen molar-refractivity contribution in [3.8, 4) is 5.75 Å². The molecule has 2 heterocycles. The Morgan fingerprint density at radius 3 is 2.73 bits per heavy atom. The zero-order chi connectivity index (χ0) is 23.6. The number of hydrogen-bond donors (Lipinski definition) is 0. The van der Waals surface area contributed by atoms with E-state index >= 15 is 0 Å². The van der Waals surface area contributed by atoms with Crippen LogP contribution >= 0.6 is 22.9 Å². The number of amides is 1. The lowest BCUT2D eigenvalue weighted by molar-refractivity contribution is -0.118. The van der Waals surface area contributed by atoms with Gasteiger partial charge in [0, 0.05) is 18.1 Å². The Morgan fingerprint density at radius 2 is 2.06 bits per heavy atom. The van der Waals surface area contributed by atoms with Gasteiger partial charge in [0.05, 0.1) is 40.6 Å². The number of thiazole rings is 1. The zero-order valence-corrected chi connectivity index (χ0v) is 20.8. The van der Waals surface area contributed by atoms with E-state index in [1.165, 1.54) is 30.6 Å². The highest BCUT2D eigenvalue weighted by atomic mass is 35.5. The predicted octanol–water partition coefficient (Wildman–Crippen LogP) is 4.64. The van der Waals surface area contributed by atoms with E-state index in [-0.39, 0.29) is 29.1 Å². The number of ether oxygens (including phenoxy) is 2. The van der Waals surface area contributed by atoms with Crippen LogP contribution in [-0.2, 0) is 19.4 Å². The van der Waals surface area contributed by atoms with Crippen LogP contribution in [0.4, 0.5) is 5.13 Å². The molecule has 176 valence electrons. The number of sulfone groups is 1. The van der Waals surface area contributed by atoms with Gasteiger partial charge in [0.25, 0.3) is 0 Å². The maximum Gasteiger partial charge on any atom is 0.229 e. The molecular formula is C23H25ClN2O5S2. The standard InChI is InChI=1S/C23H25ClN2O5S2/c1-15-12-16(24)13-20-22(15)25-23(32-20)26(14-18-4-3-10-31-18)21(27)9-11-33(28,29)19-7-5-17(30-2)6-8-19/h5-8,12-13,18H,3-4,9-11,14H2,1-2H3. The van der Waals surface area contributed by atoms with Gasteiger partial charge in [-0.3, -0.25) is 9.69 Å². The third-order valence-corrected chi connectivity index (χ3v) is 8.56. The molecule has 1 amide bonds. The van der Waals surface area contributed by atoms with Crippen molar-refractivity contribution in [2.45, 2.75) is 37.2 Å². The lowest BCUT2D eigenvalue weighted by atomic mass is 10.2. The average Bonchev–Trinajstić information content (AvgIpc) is 3.46. The molecule has 0 radical (unpaired) electrons. The fraction of sp³-hybridized carbons (Fsp3) is 0.391. The maximum atomic E-state index is 13.3. The van der Waals surface area contributed by atoms with E-state index in [0.29, 0.717) is 29.1 Å². The molecule has 1 saturated heterocycles. The number of fused-ring (bicyclic) bond motifs is 1. The molecule has 10 heteroatoms. The van der Waals surface area contributed by atoms with E-state index in [4.69, 9.17) is 21.1 Å². The molecule has 7 nitrogen and oxygen atoms in total. The Morgan fingerprint density at radius 1 is 1.30 bits per heavy atom. The second-order valence-electron chi connectivity index (χ2n) is 7.95. The monoisotopic (exact) mass is 508 g/mol. The van der Waals surface area contributed by atoms with Crippen LogP contribution in [-0.4, -0.2) is 51.4 Å². The van der Waals surface area contributed by atoms with E-state index in [1.54, 1.807) is 17.0 Å². The number of halogens is 1. The first-order chi connectivity index (χ1) is 15.8. The van der Waals surface area contributed by atoms with E-state index < -0.39 is 9.84 Å². The molecule has 0 saturated carbocycles. The number of methoxy groups -OCH3 is 1. The molecule has 0 bridgehead atoms. The van der Waals surface area contributed by atoms with Gasteiger partial charge in [-0.25, -0.2) is 13.4 Å². The maximum absolute atomic E-state index is 13.3. The van der Waals surface area contributed by atoms with Crippen molar-refractivity contribution < 1.29 is 22.7 Å². The molecule has 1 aromatic heterocycles. The molecule has 2 aromatic carbocycles. The van der Waals surface area contributed by atoms with Gasteiger partial charge in [-0.05, 0) is 61.7 Å². The molecule has 0 spiro atoms. The van der Waals surface area contributed by atoms with Gasteiger partial charge in [0.2, 0.25) is 5.91 Å². The fourth-order valence-corrected chi connectivity index (χ4v) is 6.47. The summed E-state index contributed by atoms with van der Waals surface area (Å²) < 4.78 is 37.3. The Hall–Kier alpha value is -2.20. The third-order valence-electron chi connectivity index (χ3n) is 5.58. The molecule has 1 aliphatic rings. The van der Waals surface area contributed by atoms with E-state index in [1.807, 2.05) is 19.1 Å². The number of aromatic nitrogens is 1. The minimum absolute atomic E-state index is 0.0937. The van der Waals surface area contributed by atoms with Gasteiger partial charge < -0.3 is 9.47 Å². The fourth-order valence-electron chi connectivity index (χ4n) is 3.79. The van der Waals surface area contributed by atoms with Gasteiger partial charge in [0.1, 0.15) is 5.75 Å². The first-order valence-corrected chi connectivity index (χ1v) is 13.5. The summed E-state index contributed by atoms with van der Waals surface area (Å²) in [5, 5.41) is 1.13. The van der Waals surface area contributed by atoms with Crippen molar-refractivity contribution in [2.75, 3.05) is 30.9 Å². The molecule has 0 aliphatic carbocycles. The van der Waals surface area contributed by atoms with E-state index in [9.17, 15) is 13.2 Å². The number of carbonyl (C=O) groups is 1. The first kappa shape index (κ1) is 23.9. The highest BCUT2D eigenvalue weighted by Crippen LogP contribution is 2.34. The molecule has 33 heavy (non-hydrogen) atoms. The molecule has 1 aliphatic heterocycles. The minimum Gasteiger partial charge on any atom is -0.497 e. The number of hydrogen-bond acceptors (Lipinski definition) is 7. The van der Waals surface area contributed by atoms with Crippen LogP contribution in [0.5, 0.6) is 5.75 Å². The first-order valence-electron chi connectivity index (χ1n) is 10.6. The van der Waals surface area contributed by atoms with Crippen molar-refractivity contribution >= 4 is 54.0 Å². The number of carbonyl (C=O) groups excluding carboxylic acids is 1. The number of aryl methyl sites for hydroxylation is 1. The molecule has 4 rings (SSSR count). The van der Waals surface area contributed by atoms with E-state index in [2.05, 4.69) is 4.98 Å². The molecule has 1 fully saturated rings. The van der Waals surface area contributed by atoms with Crippen LogP contribution < -0.4 is 9.64 Å². The molecular weight excluding hydrogens is 484 g/mol. The summed E-state index contributed by atoms with van der Waals surface area (Å²) >= 11 is 7.56. The highest BCUT2D eigenvalue weighted by Gasteiger charge is 2.28. The van der Waals surface area contributed by atoms with Crippen LogP contribution in [0, 0.1) is 6.92 Å². The largest absolute Gasteiger partial charge is 0.497 e. The summed E-state index contributed by atoms with van der Waals surface area (Å²) in [4.78, 5) is 19.7. The third kappa shape index (κ3) is 5.48.